The summed E-state index contributed by atoms with van der Waals surface area (Å²) >= 11 is 0. The number of amides is 1. The molecule has 0 aromatic heterocycles. The first-order chi connectivity index (χ1) is 14.0. The summed E-state index contributed by atoms with van der Waals surface area (Å²) in [7, 11) is 0. The fraction of sp³-hybridized carbons (Fsp3) is 0.480. The van der Waals surface area contributed by atoms with Gasteiger partial charge in [-0.25, -0.2) is 0 Å². The van der Waals surface area contributed by atoms with Gasteiger partial charge in [-0.3, -0.25) is 4.79 Å². The largest absolute Gasteiger partial charge is 0.481 e. The van der Waals surface area contributed by atoms with Crippen molar-refractivity contribution >= 4 is 11.6 Å². The predicted octanol–water partition coefficient (Wildman–Crippen LogP) is 5.13. The summed E-state index contributed by atoms with van der Waals surface area (Å²) in [5.74, 6) is 1.43. The van der Waals surface area contributed by atoms with Crippen molar-refractivity contribution in [2.24, 2.45) is 5.92 Å². The minimum atomic E-state index is -0.542. The number of hydrogen-bond acceptors (Lipinski definition) is 3. The Hall–Kier alpha value is -2.49. The van der Waals surface area contributed by atoms with Gasteiger partial charge in [0.15, 0.2) is 6.10 Å². The van der Waals surface area contributed by atoms with Gasteiger partial charge in [0.2, 0.25) is 0 Å². The van der Waals surface area contributed by atoms with Crippen molar-refractivity contribution in [1.29, 1.82) is 0 Å². The molecule has 0 radical (unpaired) electrons. The number of anilines is 1. The first kappa shape index (κ1) is 21.2. The minimum Gasteiger partial charge on any atom is -0.481 e. The summed E-state index contributed by atoms with van der Waals surface area (Å²) in [5, 5.41) is 3.08. The van der Waals surface area contributed by atoms with Crippen LogP contribution in [0.1, 0.15) is 57.7 Å². The molecule has 1 saturated heterocycles. The quantitative estimate of drug-likeness (QED) is 0.708. The van der Waals surface area contributed by atoms with Crippen molar-refractivity contribution in [3.8, 4) is 5.75 Å². The van der Waals surface area contributed by atoms with Crippen LogP contribution >= 0.6 is 0 Å². The monoisotopic (exact) mass is 394 g/mol. The number of nitrogens with zero attached hydrogens (tertiary/aromatic N) is 1. The number of hydrogen-bond donors (Lipinski definition) is 1. The van der Waals surface area contributed by atoms with E-state index in [0.717, 1.165) is 42.3 Å². The predicted molar refractivity (Wildman–Crippen MR) is 120 cm³/mol. The van der Waals surface area contributed by atoms with Gasteiger partial charge in [0.05, 0.1) is 6.04 Å². The third kappa shape index (κ3) is 5.53. The Morgan fingerprint density at radius 3 is 2.59 bits per heavy atom. The van der Waals surface area contributed by atoms with Gasteiger partial charge in [0, 0.05) is 18.8 Å². The lowest BCUT2D eigenvalue weighted by molar-refractivity contribution is -0.127. The average Bonchev–Trinajstić information content (AvgIpc) is 2.74. The summed E-state index contributed by atoms with van der Waals surface area (Å²) in [6.07, 6.45) is 2.91. The number of piperidine rings is 1. The van der Waals surface area contributed by atoms with E-state index in [4.69, 9.17) is 4.74 Å². The lowest BCUT2D eigenvalue weighted by atomic mass is 9.99. The van der Waals surface area contributed by atoms with Crippen molar-refractivity contribution in [2.75, 3.05) is 18.0 Å². The van der Waals surface area contributed by atoms with Gasteiger partial charge in [0.1, 0.15) is 5.75 Å². The van der Waals surface area contributed by atoms with Crippen LogP contribution in [0.3, 0.4) is 0 Å². The Balaban J connectivity index is 1.57. The maximum Gasteiger partial charge on any atom is 0.261 e. The molecule has 1 amide bonds. The summed E-state index contributed by atoms with van der Waals surface area (Å²) in [4.78, 5) is 15.1. The fourth-order valence-corrected chi connectivity index (χ4v) is 3.97. The second-order valence-electron chi connectivity index (χ2n) is 8.24. The molecule has 1 N–H and O–H groups in total. The molecule has 1 heterocycles. The van der Waals surface area contributed by atoms with Crippen LogP contribution in [-0.2, 0) is 11.2 Å². The number of ether oxygens (including phenoxy) is 1. The zero-order valence-electron chi connectivity index (χ0n) is 18.2. The van der Waals surface area contributed by atoms with Gasteiger partial charge in [-0.05, 0) is 68.4 Å². The van der Waals surface area contributed by atoms with E-state index in [9.17, 15) is 4.79 Å². The molecule has 3 rings (SSSR count). The second-order valence-corrected chi connectivity index (χ2v) is 8.24. The highest BCUT2D eigenvalue weighted by Gasteiger charge is 2.20. The number of carbonyl (C=O) groups is 1. The van der Waals surface area contributed by atoms with Gasteiger partial charge in [-0.15, -0.1) is 0 Å². The van der Waals surface area contributed by atoms with Gasteiger partial charge >= 0.3 is 0 Å². The van der Waals surface area contributed by atoms with E-state index < -0.39 is 6.10 Å². The third-order valence-electron chi connectivity index (χ3n) is 5.80. The van der Waals surface area contributed by atoms with Crippen LogP contribution in [0.4, 0.5) is 5.69 Å². The number of rotatable bonds is 7. The number of carbonyl (C=O) groups excluding carboxylic acids is 1. The van der Waals surface area contributed by atoms with Crippen LogP contribution in [0.2, 0.25) is 0 Å². The van der Waals surface area contributed by atoms with Crippen LogP contribution in [0.15, 0.2) is 48.5 Å². The van der Waals surface area contributed by atoms with Gasteiger partial charge in [0.25, 0.3) is 5.91 Å². The molecule has 1 aliphatic rings. The molecule has 1 fully saturated rings. The molecule has 0 bridgehead atoms. The molecule has 2 aromatic carbocycles. The molecule has 2 aromatic rings. The Morgan fingerprint density at radius 1 is 1.17 bits per heavy atom. The molecule has 4 nitrogen and oxygen atoms in total. The van der Waals surface area contributed by atoms with Crippen LogP contribution in [0.5, 0.6) is 5.75 Å². The number of benzene rings is 2. The molecule has 4 heteroatoms. The Morgan fingerprint density at radius 2 is 1.90 bits per heavy atom. The van der Waals surface area contributed by atoms with Crippen LogP contribution in [0, 0.1) is 5.92 Å². The average molecular weight is 395 g/mol. The topological polar surface area (TPSA) is 41.6 Å². The highest BCUT2D eigenvalue weighted by Crippen LogP contribution is 2.25. The number of nitrogens with one attached hydrogen (secondary N) is 1. The Kier molecular flexibility index (Phi) is 7.18. The second kappa shape index (κ2) is 9.82. The molecule has 0 aliphatic carbocycles. The fourth-order valence-electron chi connectivity index (χ4n) is 3.97. The molecule has 156 valence electrons. The van der Waals surface area contributed by atoms with Crippen LogP contribution in [0.25, 0.3) is 0 Å². The van der Waals surface area contributed by atoms with Gasteiger partial charge in [-0.1, -0.05) is 44.2 Å². The van der Waals surface area contributed by atoms with E-state index >= 15 is 0 Å². The standard InChI is InChI=1S/C25H34N2O2/c1-5-21-10-6-7-11-24(21)29-20(4)25(28)26-19(3)22-12-14-23(15-13-22)27-16-8-9-18(2)17-27/h6-7,10-15,18-20H,5,8-9,16-17H2,1-4H3,(H,26,28). The maximum atomic E-state index is 12.6. The van der Waals surface area contributed by atoms with E-state index in [0.29, 0.717) is 0 Å². The number of aryl methyl sites for hydroxylation is 1. The molecule has 3 atom stereocenters. The molecule has 3 unspecified atom stereocenters. The van der Waals surface area contributed by atoms with Gasteiger partial charge in [-0.2, -0.15) is 0 Å². The van der Waals surface area contributed by atoms with Crippen LogP contribution in [-0.4, -0.2) is 25.1 Å². The van der Waals surface area contributed by atoms with Crippen molar-refractivity contribution in [1.82, 2.24) is 5.32 Å². The normalized spacial score (nSPS) is 18.8. The first-order valence-corrected chi connectivity index (χ1v) is 10.9. The lowest BCUT2D eigenvalue weighted by Crippen LogP contribution is -2.38. The summed E-state index contributed by atoms with van der Waals surface area (Å²) in [6.45, 7) is 10.5. The van der Waals surface area contributed by atoms with Crippen molar-refractivity contribution in [2.45, 2.75) is 59.1 Å². The van der Waals surface area contributed by atoms with E-state index in [-0.39, 0.29) is 11.9 Å². The lowest BCUT2D eigenvalue weighted by Gasteiger charge is -2.33. The molecule has 0 spiro atoms. The highest BCUT2D eigenvalue weighted by atomic mass is 16.5. The third-order valence-corrected chi connectivity index (χ3v) is 5.80. The minimum absolute atomic E-state index is 0.0655. The van der Waals surface area contributed by atoms with E-state index in [1.807, 2.05) is 31.2 Å². The summed E-state index contributed by atoms with van der Waals surface area (Å²) in [5.41, 5.74) is 3.49. The van der Waals surface area contributed by atoms with E-state index in [1.54, 1.807) is 6.92 Å². The molecular formula is C25H34N2O2. The maximum absolute atomic E-state index is 12.6. The SMILES string of the molecule is CCc1ccccc1OC(C)C(=O)NC(C)c1ccc(N2CCCC(C)C2)cc1. The van der Waals surface area contributed by atoms with E-state index in [1.165, 1.54) is 18.5 Å². The molecular weight excluding hydrogens is 360 g/mol. The summed E-state index contributed by atoms with van der Waals surface area (Å²) in [6, 6.07) is 16.4. The summed E-state index contributed by atoms with van der Waals surface area (Å²) < 4.78 is 5.92. The van der Waals surface area contributed by atoms with Crippen molar-refractivity contribution < 1.29 is 9.53 Å². The Labute approximate surface area is 175 Å². The first-order valence-electron chi connectivity index (χ1n) is 10.9. The highest BCUT2D eigenvalue weighted by molar-refractivity contribution is 5.81. The van der Waals surface area contributed by atoms with Gasteiger partial charge < -0.3 is 15.0 Å². The van der Waals surface area contributed by atoms with Crippen LogP contribution < -0.4 is 15.0 Å². The zero-order chi connectivity index (χ0) is 20.8. The number of para-hydroxylation sites is 1. The molecule has 29 heavy (non-hydrogen) atoms. The smallest absolute Gasteiger partial charge is 0.261 e. The van der Waals surface area contributed by atoms with Crippen molar-refractivity contribution in [3.63, 3.8) is 0 Å². The Bertz CT molecular complexity index is 803. The zero-order valence-corrected chi connectivity index (χ0v) is 18.2. The molecule has 1 aliphatic heterocycles. The molecule has 0 saturated carbocycles. The van der Waals surface area contributed by atoms with Crippen molar-refractivity contribution in [3.05, 3.63) is 59.7 Å². The van der Waals surface area contributed by atoms with E-state index in [2.05, 4.69) is 48.3 Å².